The van der Waals surface area contributed by atoms with Gasteiger partial charge in [0.2, 0.25) is 11.8 Å². The van der Waals surface area contributed by atoms with Crippen molar-refractivity contribution >= 4 is 40.2 Å². The van der Waals surface area contributed by atoms with Gasteiger partial charge in [-0.25, -0.2) is 0 Å². The number of anilines is 1. The van der Waals surface area contributed by atoms with E-state index in [1.54, 1.807) is 31.4 Å². The Morgan fingerprint density at radius 2 is 2.21 bits per heavy atom. The van der Waals surface area contributed by atoms with Crippen LogP contribution in [0.2, 0.25) is 0 Å². The zero-order chi connectivity index (χ0) is 17.5. The van der Waals surface area contributed by atoms with Crippen LogP contribution in [0.5, 0.6) is 0 Å². The molecule has 2 amide bonds. The molecule has 0 radical (unpaired) electrons. The number of amides is 2. The Hall–Kier alpha value is -2.19. The molecule has 1 aromatic carbocycles. The van der Waals surface area contributed by atoms with Gasteiger partial charge in [0.25, 0.3) is 0 Å². The van der Waals surface area contributed by atoms with Crippen LogP contribution in [0.1, 0.15) is 23.7 Å². The lowest BCUT2D eigenvalue weighted by Gasteiger charge is -2.08. The van der Waals surface area contributed by atoms with E-state index >= 15 is 0 Å². The van der Waals surface area contributed by atoms with E-state index in [0.717, 1.165) is 0 Å². The minimum absolute atomic E-state index is 0.0318. The number of benzene rings is 1. The molecule has 1 aliphatic heterocycles. The van der Waals surface area contributed by atoms with E-state index in [-0.39, 0.29) is 24.0 Å². The number of hydrogen-bond acceptors (Lipinski definition) is 6. The zero-order valence-electron chi connectivity index (χ0n) is 13.5. The van der Waals surface area contributed by atoms with Gasteiger partial charge in [0.1, 0.15) is 5.25 Å². The molecule has 0 aromatic heterocycles. The van der Waals surface area contributed by atoms with Crippen LogP contribution in [0.4, 0.5) is 5.69 Å². The van der Waals surface area contributed by atoms with E-state index in [4.69, 9.17) is 4.74 Å². The van der Waals surface area contributed by atoms with E-state index in [9.17, 15) is 14.4 Å². The minimum atomic E-state index is -0.512. The Morgan fingerprint density at radius 3 is 2.92 bits per heavy atom. The third kappa shape index (κ3) is 5.17. The molecule has 8 heteroatoms. The Kier molecular flexibility index (Phi) is 6.51. The summed E-state index contributed by atoms with van der Waals surface area (Å²) in [5, 5.41) is 5.35. The lowest BCUT2D eigenvalue weighted by molar-refractivity contribution is -0.122. The highest BCUT2D eigenvalue weighted by molar-refractivity contribution is 8.15. The molecule has 1 heterocycles. The second-order valence-electron chi connectivity index (χ2n) is 5.16. The molecule has 0 spiro atoms. The molecule has 0 saturated carbocycles. The molecular formula is C16H19N3O4S. The topological polar surface area (TPSA) is 96.9 Å². The molecule has 128 valence electrons. The third-order valence-corrected chi connectivity index (χ3v) is 4.37. The molecule has 1 saturated heterocycles. The van der Waals surface area contributed by atoms with Crippen molar-refractivity contribution in [1.29, 1.82) is 0 Å². The normalized spacial score (nSPS) is 18.5. The summed E-state index contributed by atoms with van der Waals surface area (Å²) in [5.41, 5.74) is 1.05. The Morgan fingerprint density at radius 1 is 1.42 bits per heavy atom. The maximum atomic E-state index is 12.1. The molecule has 1 atom stereocenters. The Bertz CT molecular complexity index is 675. The van der Waals surface area contributed by atoms with Crippen LogP contribution in [0.3, 0.4) is 0 Å². The van der Waals surface area contributed by atoms with Gasteiger partial charge in [-0.1, -0.05) is 23.9 Å². The summed E-state index contributed by atoms with van der Waals surface area (Å²) in [4.78, 5) is 39.5. The SMILES string of the molecule is COCCN=C1NC(=O)[C@@H](CC(=O)Nc2cccc(C(C)=O)c2)S1. The molecule has 0 aliphatic carbocycles. The van der Waals surface area contributed by atoms with Crippen LogP contribution >= 0.6 is 11.8 Å². The van der Waals surface area contributed by atoms with Crippen molar-refractivity contribution in [2.24, 2.45) is 4.99 Å². The zero-order valence-corrected chi connectivity index (χ0v) is 14.3. The molecule has 24 heavy (non-hydrogen) atoms. The molecule has 0 bridgehead atoms. The van der Waals surface area contributed by atoms with Crippen LogP contribution in [0.15, 0.2) is 29.3 Å². The molecule has 1 aromatic rings. The number of Topliss-reactive ketones (excluding diaryl/α,β-unsaturated/α-hetero) is 1. The predicted molar refractivity (Wildman–Crippen MR) is 93.4 cm³/mol. The number of amidine groups is 1. The first-order valence-electron chi connectivity index (χ1n) is 7.41. The maximum absolute atomic E-state index is 12.1. The number of thioether (sulfide) groups is 1. The second kappa shape index (κ2) is 8.60. The average Bonchev–Trinajstić information content (AvgIpc) is 2.87. The number of methoxy groups -OCH3 is 1. The largest absolute Gasteiger partial charge is 0.383 e. The first-order valence-corrected chi connectivity index (χ1v) is 8.29. The summed E-state index contributed by atoms with van der Waals surface area (Å²) in [6.07, 6.45) is 0.0318. The Balaban J connectivity index is 1.90. The summed E-state index contributed by atoms with van der Waals surface area (Å²) >= 11 is 1.23. The van der Waals surface area contributed by atoms with Crippen molar-refractivity contribution in [1.82, 2.24) is 5.32 Å². The van der Waals surface area contributed by atoms with Gasteiger partial charge in [0, 0.05) is 24.8 Å². The summed E-state index contributed by atoms with van der Waals surface area (Å²) in [6.45, 7) is 2.39. The van der Waals surface area contributed by atoms with Gasteiger partial charge in [0.05, 0.1) is 13.2 Å². The lowest BCUT2D eigenvalue weighted by Crippen LogP contribution is -2.28. The van der Waals surface area contributed by atoms with Gasteiger partial charge in [-0.3, -0.25) is 19.4 Å². The number of ketones is 1. The van der Waals surface area contributed by atoms with Crippen molar-refractivity contribution in [3.63, 3.8) is 0 Å². The summed E-state index contributed by atoms with van der Waals surface area (Å²) < 4.78 is 4.90. The van der Waals surface area contributed by atoms with Crippen molar-refractivity contribution in [3.05, 3.63) is 29.8 Å². The number of nitrogens with zero attached hydrogens (tertiary/aromatic N) is 1. The minimum Gasteiger partial charge on any atom is -0.383 e. The molecule has 7 nitrogen and oxygen atoms in total. The van der Waals surface area contributed by atoms with Crippen molar-refractivity contribution in [2.45, 2.75) is 18.6 Å². The van der Waals surface area contributed by atoms with Gasteiger partial charge in [-0.2, -0.15) is 0 Å². The highest BCUT2D eigenvalue weighted by Gasteiger charge is 2.31. The Labute approximate surface area is 144 Å². The van der Waals surface area contributed by atoms with Crippen molar-refractivity contribution in [2.75, 3.05) is 25.6 Å². The fraction of sp³-hybridized carbons (Fsp3) is 0.375. The standard InChI is InChI=1S/C16H19N3O4S/c1-10(20)11-4-3-5-12(8-11)18-14(21)9-13-15(22)19-16(24-13)17-6-7-23-2/h3-5,8,13H,6-7,9H2,1-2H3,(H,18,21)(H,17,19,22)/t13-/m1/s1. The average molecular weight is 349 g/mol. The summed E-state index contributed by atoms with van der Waals surface area (Å²) in [5.74, 6) is -0.598. The van der Waals surface area contributed by atoms with E-state index in [1.165, 1.54) is 18.7 Å². The van der Waals surface area contributed by atoms with Crippen LogP contribution in [-0.4, -0.2) is 48.3 Å². The summed E-state index contributed by atoms with van der Waals surface area (Å²) in [7, 11) is 1.58. The fourth-order valence-electron chi connectivity index (χ4n) is 2.05. The van der Waals surface area contributed by atoms with Gasteiger partial charge < -0.3 is 15.4 Å². The molecule has 1 fully saturated rings. The maximum Gasteiger partial charge on any atom is 0.240 e. The van der Waals surface area contributed by atoms with Crippen molar-refractivity contribution in [3.8, 4) is 0 Å². The van der Waals surface area contributed by atoms with Crippen LogP contribution in [-0.2, 0) is 14.3 Å². The van der Waals surface area contributed by atoms with E-state index < -0.39 is 5.25 Å². The number of hydrogen-bond donors (Lipinski definition) is 2. The van der Waals surface area contributed by atoms with E-state index in [1.807, 2.05) is 0 Å². The van der Waals surface area contributed by atoms with Crippen LogP contribution in [0, 0.1) is 0 Å². The molecule has 2 N–H and O–H groups in total. The highest BCUT2D eigenvalue weighted by Crippen LogP contribution is 2.23. The van der Waals surface area contributed by atoms with Gasteiger partial charge in [0.15, 0.2) is 11.0 Å². The summed E-state index contributed by atoms with van der Waals surface area (Å²) in [6, 6.07) is 6.69. The third-order valence-electron chi connectivity index (χ3n) is 3.25. The first-order chi connectivity index (χ1) is 11.5. The number of rotatable bonds is 7. The number of nitrogens with one attached hydrogen (secondary N) is 2. The lowest BCUT2D eigenvalue weighted by atomic mass is 10.1. The van der Waals surface area contributed by atoms with Crippen molar-refractivity contribution < 1.29 is 19.1 Å². The van der Waals surface area contributed by atoms with Gasteiger partial charge in [-0.15, -0.1) is 0 Å². The van der Waals surface area contributed by atoms with Gasteiger partial charge >= 0.3 is 0 Å². The molecule has 1 aliphatic rings. The van der Waals surface area contributed by atoms with E-state index in [0.29, 0.717) is 29.6 Å². The number of ether oxygens (including phenoxy) is 1. The molecule has 2 rings (SSSR count). The molecular weight excluding hydrogens is 330 g/mol. The quantitative estimate of drug-likeness (QED) is 0.574. The smallest absolute Gasteiger partial charge is 0.240 e. The monoisotopic (exact) mass is 349 g/mol. The number of carbonyl (C=O) groups excluding carboxylic acids is 3. The fourth-order valence-corrected chi connectivity index (χ4v) is 3.05. The van der Waals surface area contributed by atoms with Gasteiger partial charge in [-0.05, 0) is 19.1 Å². The van der Waals surface area contributed by atoms with Crippen LogP contribution < -0.4 is 10.6 Å². The number of carbonyl (C=O) groups is 3. The van der Waals surface area contributed by atoms with E-state index in [2.05, 4.69) is 15.6 Å². The predicted octanol–water partition coefficient (Wildman–Crippen LogP) is 1.45. The first kappa shape index (κ1) is 18.2. The highest BCUT2D eigenvalue weighted by atomic mass is 32.2. The second-order valence-corrected chi connectivity index (χ2v) is 6.36. The molecule has 0 unspecified atom stereocenters. The number of aliphatic imine (C=N–C) groups is 1. The van der Waals surface area contributed by atoms with Crippen LogP contribution in [0.25, 0.3) is 0 Å².